The van der Waals surface area contributed by atoms with Gasteiger partial charge in [0.25, 0.3) is 0 Å². The molecule has 4 rings (SSSR count). The number of nitrogens with zero attached hydrogens (tertiary/aromatic N) is 3. The topological polar surface area (TPSA) is 66.7 Å². The Kier molecular flexibility index (Phi) is 6.44. The van der Waals surface area contributed by atoms with Gasteiger partial charge in [-0.1, -0.05) is 5.16 Å². The van der Waals surface area contributed by atoms with E-state index < -0.39 is 12.1 Å². The summed E-state index contributed by atoms with van der Waals surface area (Å²) in [5, 5.41) is 5.15. The molecule has 0 atom stereocenters. The average molecular weight is 451 g/mol. The maximum Gasteiger partial charge on any atom is 0.471 e. The molecule has 1 aromatic carbocycles. The fourth-order valence-corrected chi connectivity index (χ4v) is 4.87. The minimum atomic E-state index is -4.84. The number of piperidine rings is 1. The predicted molar refractivity (Wildman–Crippen MR) is 112 cm³/mol. The molecular formula is C23H28F3N3O3. The van der Waals surface area contributed by atoms with Crippen LogP contribution < -0.4 is 0 Å². The lowest BCUT2D eigenvalue weighted by molar-refractivity contribution is -0.185. The zero-order valence-electron chi connectivity index (χ0n) is 18.2. The number of rotatable bonds is 4. The molecule has 2 amide bonds. The Hall–Kier alpha value is -2.58. The predicted octanol–water partition coefficient (Wildman–Crippen LogP) is 3.90. The number of aryl methyl sites for hydroxylation is 1. The first-order chi connectivity index (χ1) is 15.2. The van der Waals surface area contributed by atoms with Crippen LogP contribution in [0.2, 0.25) is 0 Å². The van der Waals surface area contributed by atoms with Crippen molar-refractivity contribution in [2.75, 3.05) is 26.2 Å². The van der Waals surface area contributed by atoms with Crippen LogP contribution in [0.15, 0.2) is 16.7 Å². The highest BCUT2D eigenvalue weighted by atomic mass is 19.4. The Morgan fingerprint density at radius 1 is 1.06 bits per heavy atom. The largest absolute Gasteiger partial charge is 0.471 e. The summed E-state index contributed by atoms with van der Waals surface area (Å²) >= 11 is 0. The first-order valence-electron chi connectivity index (χ1n) is 11.2. The molecule has 6 nitrogen and oxygen atoms in total. The summed E-state index contributed by atoms with van der Waals surface area (Å²) in [6.45, 7) is 3.36. The Morgan fingerprint density at radius 2 is 1.72 bits per heavy atom. The van der Waals surface area contributed by atoms with E-state index in [1.165, 1.54) is 0 Å². The third kappa shape index (κ3) is 4.91. The normalized spacial score (nSPS) is 18.0. The smallest absolute Gasteiger partial charge is 0.356 e. The van der Waals surface area contributed by atoms with Crippen LogP contribution >= 0.6 is 0 Å². The molecule has 1 saturated heterocycles. The summed E-state index contributed by atoms with van der Waals surface area (Å²) in [5.41, 5.74) is 3.38. The molecule has 1 fully saturated rings. The minimum absolute atomic E-state index is 0.0420. The second-order valence-corrected chi connectivity index (χ2v) is 8.88. The van der Waals surface area contributed by atoms with Crippen molar-refractivity contribution in [1.29, 1.82) is 0 Å². The van der Waals surface area contributed by atoms with Crippen molar-refractivity contribution in [3.05, 3.63) is 29.0 Å². The number of likely N-dealkylation sites (tertiary alicyclic amines) is 1. The highest BCUT2D eigenvalue weighted by Gasteiger charge is 2.42. The molecule has 2 aromatic rings. The van der Waals surface area contributed by atoms with Gasteiger partial charge in [-0.05, 0) is 74.1 Å². The Morgan fingerprint density at radius 3 is 2.34 bits per heavy atom. The van der Waals surface area contributed by atoms with Crippen molar-refractivity contribution < 1.29 is 27.3 Å². The van der Waals surface area contributed by atoms with E-state index in [2.05, 4.69) is 5.16 Å². The van der Waals surface area contributed by atoms with Gasteiger partial charge in [0.15, 0.2) is 5.58 Å². The molecule has 0 unspecified atom stereocenters. The van der Waals surface area contributed by atoms with Crippen molar-refractivity contribution in [2.45, 2.75) is 58.0 Å². The minimum Gasteiger partial charge on any atom is -0.356 e. The fourth-order valence-electron chi connectivity index (χ4n) is 4.87. The quantitative estimate of drug-likeness (QED) is 0.707. The molecule has 9 heteroatoms. The van der Waals surface area contributed by atoms with E-state index in [9.17, 15) is 22.8 Å². The van der Waals surface area contributed by atoms with Crippen molar-refractivity contribution in [2.24, 2.45) is 5.92 Å². The van der Waals surface area contributed by atoms with Gasteiger partial charge in [0.2, 0.25) is 5.91 Å². The highest BCUT2D eigenvalue weighted by molar-refractivity contribution is 5.83. The van der Waals surface area contributed by atoms with Crippen molar-refractivity contribution in [1.82, 2.24) is 15.0 Å². The molecule has 1 aromatic heterocycles. The lowest BCUT2D eigenvalue weighted by Gasteiger charge is -2.31. The molecule has 0 spiro atoms. The number of hydrogen-bond acceptors (Lipinski definition) is 4. The number of carbonyl (C=O) groups excluding carboxylic acids is 2. The standard InChI is InChI=1S/C23H28F3N3O3/c1-15(30)28-9-5-16(6-10-28)3-2-4-20-19-13-17-7-11-29(22(31)23(24,25)26)12-8-18(17)14-21(19)32-27-20/h13-14,16H,2-12H2,1H3. The van der Waals surface area contributed by atoms with Gasteiger partial charge >= 0.3 is 12.1 Å². The fraction of sp³-hybridized carbons (Fsp3) is 0.609. The molecule has 0 aliphatic carbocycles. The van der Waals surface area contributed by atoms with Crippen LogP contribution in [-0.4, -0.2) is 59.1 Å². The number of benzene rings is 1. The third-order valence-corrected chi connectivity index (χ3v) is 6.78. The summed E-state index contributed by atoms with van der Waals surface area (Å²) in [6, 6.07) is 3.84. The van der Waals surface area contributed by atoms with E-state index in [1.54, 1.807) is 6.92 Å². The number of amides is 2. The van der Waals surface area contributed by atoms with Gasteiger partial charge in [0, 0.05) is 38.5 Å². The molecule has 2 aliphatic rings. The summed E-state index contributed by atoms with van der Waals surface area (Å²) in [5.74, 6) is -1.02. The van der Waals surface area contributed by atoms with E-state index in [-0.39, 0.29) is 19.0 Å². The van der Waals surface area contributed by atoms with Crippen LogP contribution in [0.1, 0.15) is 49.4 Å². The summed E-state index contributed by atoms with van der Waals surface area (Å²) in [4.78, 5) is 25.9. The van der Waals surface area contributed by atoms with Gasteiger partial charge in [-0.25, -0.2) is 0 Å². The monoisotopic (exact) mass is 451 g/mol. The van der Waals surface area contributed by atoms with E-state index in [0.29, 0.717) is 24.3 Å². The first-order valence-corrected chi connectivity index (χ1v) is 11.2. The van der Waals surface area contributed by atoms with Crippen molar-refractivity contribution in [3.8, 4) is 0 Å². The Labute approximate surface area is 184 Å². The highest BCUT2D eigenvalue weighted by Crippen LogP contribution is 2.29. The molecule has 32 heavy (non-hydrogen) atoms. The zero-order chi connectivity index (χ0) is 22.9. The van der Waals surface area contributed by atoms with Crippen molar-refractivity contribution in [3.63, 3.8) is 0 Å². The van der Waals surface area contributed by atoms with E-state index in [4.69, 9.17) is 4.52 Å². The Balaban J connectivity index is 1.37. The van der Waals surface area contributed by atoms with Gasteiger partial charge in [-0.3, -0.25) is 9.59 Å². The molecule has 2 aliphatic heterocycles. The Bertz CT molecular complexity index is 994. The second kappa shape index (κ2) is 9.11. The maximum atomic E-state index is 12.8. The number of carbonyl (C=O) groups is 2. The molecular weight excluding hydrogens is 423 g/mol. The van der Waals surface area contributed by atoms with E-state index >= 15 is 0 Å². The van der Waals surface area contributed by atoms with Gasteiger partial charge in [0.05, 0.1) is 5.69 Å². The van der Waals surface area contributed by atoms with Crippen LogP contribution in [0.5, 0.6) is 0 Å². The van der Waals surface area contributed by atoms with E-state index in [0.717, 1.165) is 72.3 Å². The van der Waals surface area contributed by atoms with Crippen LogP contribution in [0.3, 0.4) is 0 Å². The number of halogens is 3. The number of hydrogen-bond donors (Lipinski definition) is 0. The van der Waals surface area contributed by atoms with Gasteiger partial charge in [-0.15, -0.1) is 0 Å². The average Bonchev–Trinajstić information content (AvgIpc) is 3.02. The summed E-state index contributed by atoms with van der Waals surface area (Å²) in [6.07, 6.45) is 0.770. The third-order valence-electron chi connectivity index (χ3n) is 6.78. The van der Waals surface area contributed by atoms with Crippen LogP contribution in [0, 0.1) is 5.92 Å². The molecule has 0 saturated carbocycles. The van der Waals surface area contributed by atoms with Crippen LogP contribution in [0.4, 0.5) is 13.2 Å². The molecule has 0 N–H and O–H groups in total. The van der Waals surface area contributed by atoms with Crippen LogP contribution in [-0.2, 0) is 28.9 Å². The lowest BCUT2D eigenvalue weighted by atomic mass is 9.91. The van der Waals surface area contributed by atoms with E-state index in [1.807, 2.05) is 17.0 Å². The van der Waals surface area contributed by atoms with Gasteiger partial charge < -0.3 is 14.3 Å². The first kappa shape index (κ1) is 22.6. The number of alkyl halides is 3. The number of fused-ring (bicyclic) bond motifs is 2. The number of aromatic nitrogens is 1. The molecule has 0 radical (unpaired) electrons. The second-order valence-electron chi connectivity index (χ2n) is 8.88. The summed E-state index contributed by atoms with van der Waals surface area (Å²) in [7, 11) is 0. The van der Waals surface area contributed by atoms with Gasteiger partial charge in [0.1, 0.15) is 0 Å². The summed E-state index contributed by atoms with van der Waals surface area (Å²) < 4.78 is 43.9. The SMILES string of the molecule is CC(=O)N1CCC(CCCc2noc3cc4c(cc23)CCN(C(=O)C(F)(F)F)CC4)CC1. The zero-order valence-corrected chi connectivity index (χ0v) is 18.2. The molecule has 174 valence electrons. The van der Waals surface area contributed by atoms with Crippen LogP contribution in [0.25, 0.3) is 11.0 Å². The molecule has 0 bridgehead atoms. The van der Waals surface area contributed by atoms with Crippen molar-refractivity contribution >= 4 is 22.8 Å². The lowest BCUT2D eigenvalue weighted by Crippen LogP contribution is -2.42. The molecule has 3 heterocycles. The van der Waals surface area contributed by atoms with Gasteiger partial charge in [-0.2, -0.15) is 13.2 Å². The maximum absolute atomic E-state index is 12.8.